The number of ether oxygens (including phenoxy) is 1. The van der Waals surface area contributed by atoms with E-state index in [1.54, 1.807) is 12.3 Å². The van der Waals surface area contributed by atoms with Crippen molar-refractivity contribution >= 4 is 11.6 Å². The molecule has 1 aliphatic rings. The number of rotatable bonds is 6. The maximum atomic E-state index is 13.1. The average molecular weight is 335 g/mol. The van der Waals surface area contributed by atoms with Gasteiger partial charge in [0.15, 0.2) is 0 Å². The number of nitrogens with zero attached hydrogens (tertiary/aromatic N) is 2. The summed E-state index contributed by atoms with van der Waals surface area (Å²) in [4.78, 5) is 6.45. The Morgan fingerprint density at radius 2 is 1.87 bits per heavy atom. The van der Waals surface area contributed by atoms with E-state index in [9.17, 15) is 4.39 Å². The van der Waals surface area contributed by atoms with Crippen LogP contribution in [0, 0.1) is 5.82 Å². The minimum atomic E-state index is -0.207. The Hall–Kier alpha value is -1.49. The molecule has 0 radical (unpaired) electrons. The molecule has 0 bridgehead atoms. The molecule has 1 fully saturated rings. The summed E-state index contributed by atoms with van der Waals surface area (Å²) in [6.07, 6.45) is 4.29. The van der Waals surface area contributed by atoms with Gasteiger partial charge in [-0.3, -0.25) is 4.90 Å². The zero-order chi connectivity index (χ0) is 16.1. The summed E-state index contributed by atoms with van der Waals surface area (Å²) in [5.74, 6) is -0.207. The monoisotopic (exact) mass is 334 g/mol. The van der Waals surface area contributed by atoms with Crippen molar-refractivity contribution in [3.05, 3.63) is 64.7 Å². The molecule has 1 atom stereocenters. The van der Waals surface area contributed by atoms with Crippen molar-refractivity contribution in [1.82, 2.24) is 9.88 Å². The van der Waals surface area contributed by atoms with Crippen molar-refractivity contribution in [2.75, 3.05) is 13.2 Å². The van der Waals surface area contributed by atoms with Crippen molar-refractivity contribution in [2.24, 2.45) is 0 Å². The highest BCUT2D eigenvalue weighted by Crippen LogP contribution is 2.18. The lowest BCUT2D eigenvalue weighted by Gasteiger charge is -2.25. The molecular weight excluding hydrogens is 315 g/mol. The first-order valence-electron chi connectivity index (χ1n) is 7.88. The number of pyridine rings is 1. The molecule has 3 rings (SSSR count). The maximum absolute atomic E-state index is 13.1. The lowest BCUT2D eigenvalue weighted by Crippen LogP contribution is -2.31. The van der Waals surface area contributed by atoms with E-state index >= 15 is 0 Å². The molecule has 0 aliphatic carbocycles. The summed E-state index contributed by atoms with van der Waals surface area (Å²) in [5.41, 5.74) is 2.20. The molecule has 1 saturated heterocycles. The van der Waals surface area contributed by atoms with E-state index < -0.39 is 0 Å². The fraction of sp³-hybridized carbons (Fsp3) is 0.389. The Morgan fingerprint density at radius 1 is 1.13 bits per heavy atom. The van der Waals surface area contributed by atoms with Crippen molar-refractivity contribution in [1.29, 1.82) is 0 Å². The summed E-state index contributed by atoms with van der Waals surface area (Å²) in [6.45, 7) is 3.22. The minimum Gasteiger partial charge on any atom is -0.377 e. The molecule has 5 heteroatoms. The lowest BCUT2D eigenvalue weighted by atomic mass is 10.1. The van der Waals surface area contributed by atoms with Crippen LogP contribution in [0.3, 0.4) is 0 Å². The topological polar surface area (TPSA) is 25.4 Å². The van der Waals surface area contributed by atoms with Gasteiger partial charge in [-0.15, -0.1) is 0 Å². The van der Waals surface area contributed by atoms with Crippen LogP contribution in [0.4, 0.5) is 4.39 Å². The third-order valence-electron chi connectivity index (χ3n) is 4.00. The van der Waals surface area contributed by atoms with Crippen LogP contribution in [-0.4, -0.2) is 29.1 Å². The fourth-order valence-corrected chi connectivity index (χ4v) is 2.98. The van der Waals surface area contributed by atoms with Gasteiger partial charge in [0, 0.05) is 32.4 Å². The van der Waals surface area contributed by atoms with Crippen LogP contribution in [-0.2, 0) is 17.8 Å². The van der Waals surface area contributed by atoms with Crippen LogP contribution in [0.15, 0.2) is 42.6 Å². The first kappa shape index (κ1) is 16.4. The molecule has 0 spiro atoms. The lowest BCUT2D eigenvalue weighted by molar-refractivity contribution is 0.0678. The molecule has 23 heavy (non-hydrogen) atoms. The Bertz CT molecular complexity index is 564. The largest absolute Gasteiger partial charge is 0.377 e. The quantitative estimate of drug-likeness (QED) is 0.745. The van der Waals surface area contributed by atoms with Gasteiger partial charge in [-0.25, -0.2) is 9.37 Å². The zero-order valence-electron chi connectivity index (χ0n) is 12.9. The molecule has 0 unspecified atom stereocenters. The minimum absolute atomic E-state index is 0.207. The smallest absolute Gasteiger partial charge is 0.129 e. The number of benzene rings is 1. The Balaban J connectivity index is 1.69. The van der Waals surface area contributed by atoms with Gasteiger partial charge in [-0.1, -0.05) is 29.8 Å². The van der Waals surface area contributed by atoms with Gasteiger partial charge in [0.2, 0.25) is 0 Å². The molecule has 3 nitrogen and oxygen atoms in total. The summed E-state index contributed by atoms with van der Waals surface area (Å²) in [6, 6.07) is 10.5. The van der Waals surface area contributed by atoms with E-state index in [1.165, 1.54) is 12.1 Å². The molecule has 0 N–H and O–H groups in total. The average Bonchev–Trinajstić information content (AvgIpc) is 3.05. The maximum Gasteiger partial charge on any atom is 0.129 e. The summed E-state index contributed by atoms with van der Waals surface area (Å²) >= 11 is 5.85. The van der Waals surface area contributed by atoms with Gasteiger partial charge in [0.25, 0.3) is 0 Å². The van der Waals surface area contributed by atoms with Crippen LogP contribution < -0.4 is 0 Å². The Morgan fingerprint density at radius 3 is 2.52 bits per heavy atom. The summed E-state index contributed by atoms with van der Waals surface area (Å²) in [7, 11) is 0. The molecule has 0 amide bonds. The van der Waals surface area contributed by atoms with E-state index in [4.69, 9.17) is 16.3 Å². The van der Waals surface area contributed by atoms with Crippen molar-refractivity contribution in [3.8, 4) is 0 Å². The van der Waals surface area contributed by atoms with E-state index in [-0.39, 0.29) is 11.9 Å². The van der Waals surface area contributed by atoms with Crippen molar-refractivity contribution < 1.29 is 9.13 Å². The second-order valence-corrected chi connectivity index (χ2v) is 6.31. The molecular formula is C18H20ClFN2O. The third-order valence-corrected chi connectivity index (χ3v) is 4.22. The first-order valence-corrected chi connectivity index (χ1v) is 8.26. The summed E-state index contributed by atoms with van der Waals surface area (Å²) in [5, 5.41) is 0.498. The predicted molar refractivity (Wildman–Crippen MR) is 88.7 cm³/mol. The standard InChI is InChI=1S/C18H20ClFN2O/c19-18-8-5-15(10-21-18)12-22(13-17-2-1-9-23-17)11-14-3-6-16(20)7-4-14/h3-8,10,17H,1-2,9,11-13H2/t17-/m1/s1. The number of halogens is 2. The number of hydrogen-bond acceptors (Lipinski definition) is 3. The molecule has 1 aliphatic heterocycles. The van der Waals surface area contributed by atoms with Crippen LogP contribution in [0.2, 0.25) is 5.15 Å². The van der Waals surface area contributed by atoms with Crippen LogP contribution >= 0.6 is 11.6 Å². The Labute approximate surface area is 141 Å². The highest BCUT2D eigenvalue weighted by molar-refractivity contribution is 6.29. The van der Waals surface area contributed by atoms with E-state index in [2.05, 4.69) is 9.88 Å². The number of aromatic nitrogens is 1. The highest BCUT2D eigenvalue weighted by Gasteiger charge is 2.19. The van der Waals surface area contributed by atoms with E-state index in [1.807, 2.05) is 18.2 Å². The highest BCUT2D eigenvalue weighted by atomic mass is 35.5. The Kier molecular flexibility index (Phi) is 5.60. The molecule has 122 valence electrons. The molecule has 2 aromatic rings. The molecule has 1 aromatic carbocycles. The molecule has 0 saturated carbocycles. The van der Waals surface area contributed by atoms with Crippen LogP contribution in [0.5, 0.6) is 0 Å². The first-order chi connectivity index (χ1) is 11.2. The summed E-state index contributed by atoms with van der Waals surface area (Å²) < 4.78 is 18.8. The SMILES string of the molecule is Fc1ccc(CN(Cc2ccc(Cl)nc2)C[C@H]2CCCO2)cc1. The van der Waals surface area contributed by atoms with E-state index in [0.717, 1.165) is 50.2 Å². The van der Waals surface area contributed by atoms with Gasteiger partial charge in [-0.2, -0.15) is 0 Å². The van der Waals surface area contributed by atoms with Gasteiger partial charge < -0.3 is 4.74 Å². The predicted octanol–water partition coefficient (Wildman–Crippen LogP) is 4.06. The van der Waals surface area contributed by atoms with Gasteiger partial charge >= 0.3 is 0 Å². The second kappa shape index (κ2) is 7.86. The number of hydrogen-bond donors (Lipinski definition) is 0. The van der Waals surface area contributed by atoms with Gasteiger partial charge in [0.1, 0.15) is 11.0 Å². The van der Waals surface area contributed by atoms with E-state index in [0.29, 0.717) is 5.15 Å². The van der Waals surface area contributed by atoms with Gasteiger partial charge in [0.05, 0.1) is 6.10 Å². The van der Waals surface area contributed by atoms with Gasteiger partial charge in [-0.05, 0) is 42.2 Å². The fourth-order valence-electron chi connectivity index (χ4n) is 2.87. The zero-order valence-corrected chi connectivity index (χ0v) is 13.7. The molecule has 1 aromatic heterocycles. The second-order valence-electron chi connectivity index (χ2n) is 5.92. The van der Waals surface area contributed by atoms with Crippen LogP contribution in [0.1, 0.15) is 24.0 Å². The third kappa shape index (κ3) is 4.99. The molecule has 2 heterocycles. The normalized spacial score (nSPS) is 17.8. The van der Waals surface area contributed by atoms with Crippen molar-refractivity contribution in [2.45, 2.75) is 32.0 Å². The van der Waals surface area contributed by atoms with Crippen molar-refractivity contribution in [3.63, 3.8) is 0 Å². The van der Waals surface area contributed by atoms with Crippen LogP contribution in [0.25, 0.3) is 0 Å².